The minimum Gasteiger partial charge on any atom is -0.463 e. The van der Waals surface area contributed by atoms with Crippen molar-refractivity contribution in [3.05, 3.63) is 0 Å². The van der Waals surface area contributed by atoms with Crippen LogP contribution in [0.3, 0.4) is 0 Å². The summed E-state index contributed by atoms with van der Waals surface area (Å²) in [7, 11) is 0. The maximum absolute atomic E-state index is 10.5. The van der Waals surface area contributed by atoms with Crippen LogP contribution < -0.4 is 0 Å². The molecule has 0 radical (unpaired) electrons. The van der Waals surface area contributed by atoms with Gasteiger partial charge in [0.05, 0.1) is 6.61 Å². The van der Waals surface area contributed by atoms with Gasteiger partial charge in [0.15, 0.2) is 0 Å². The maximum Gasteiger partial charge on any atom is 0.302 e. The van der Waals surface area contributed by atoms with Gasteiger partial charge >= 0.3 is 5.97 Å². The molecule has 0 bridgehead atoms. The van der Waals surface area contributed by atoms with Crippen LogP contribution in [-0.2, 0) is 14.3 Å². The molecule has 15 heavy (non-hydrogen) atoms. The number of ether oxygens (including phenoxy) is 2. The first-order valence-corrected chi connectivity index (χ1v) is 5.91. The quantitative estimate of drug-likeness (QED) is 0.439. The summed E-state index contributed by atoms with van der Waals surface area (Å²) >= 11 is 0. The lowest BCUT2D eigenvalue weighted by Crippen LogP contribution is -2.13. The molecule has 0 fully saturated rings. The van der Waals surface area contributed by atoms with Crippen LogP contribution in [0.4, 0.5) is 0 Å². The molecule has 0 aromatic heterocycles. The van der Waals surface area contributed by atoms with Crippen LogP contribution in [0.1, 0.15) is 46.5 Å². The number of unbranched alkanes of at least 4 members (excludes halogenated alkanes) is 1. The average molecular weight is 216 g/mol. The third-order valence-electron chi connectivity index (χ3n) is 2.43. The van der Waals surface area contributed by atoms with E-state index in [1.807, 2.05) is 0 Å². The van der Waals surface area contributed by atoms with Gasteiger partial charge in [-0.05, 0) is 12.3 Å². The summed E-state index contributed by atoms with van der Waals surface area (Å²) in [5.74, 6) is 0.416. The van der Waals surface area contributed by atoms with Crippen LogP contribution in [0.15, 0.2) is 0 Å². The van der Waals surface area contributed by atoms with E-state index in [0.29, 0.717) is 19.1 Å². The van der Waals surface area contributed by atoms with Gasteiger partial charge in [-0.15, -0.1) is 0 Å². The summed E-state index contributed by atoms with van der Waals surface area (Å²) in [6.07, 6.45) is 4.91. The zero-order valence-electron chi connectivity index (χ0n) is 10.3. The van der Waals surface area contributed by atoms with Gasteiger partial charge in [0.2, 0.25) is 0 Å². The average Bonchev–Trinajstić information content (AvgIpc) is 2.21. The molecule has 90 valence electrons. The van der Waals surface area contributed by atoms with Crippen molar-refractivity contribution in [2.75, 3.05) is 19.8 Å². The van der Waals surface area contributed by atoms with Gasteiger partial charge in [-0.2, -0.15) is 0 Å². The van der Waals surface area contributed by atoms with Gasteiger partial charge in [-0.3, -0.25) is 4.79 Å². The largest absolute Gasteiger partial charge is 0.463 e. The Morgan fingerprint density at radius 3 is 2.53 bits per heavy atom. The molecule has 0 spiro atoms. The molecule has 3 nitrogen and oxygen atoms in total. The minimum absolute atomic E-state index is 0.239. The first-order valence-electron chi connectivity index (χ1n) is 5.91. The van der Waals surface area contributed by atoms with Crippen LogP contribution in [0.2, 0.25) is 0 Å². The van der Waals surface area contributed by atoms with Crippen molar-refractivity contribution in [3.8, 4) is 0 Å². The summed E-state index contributed by atoms with van der Waals surface area (Å²) in [5, 5.41) is 0. The van der Waals surface area contributed by atoms with Crippen molar-refractivity contribution in [3.63, 3.8) is 0 Å². The van der Waals surface area contributed by atoms with Gasteiger partial charge in [0, 0.05) is 13.5 Å². The van der Waals surface area contributed by atoms with Gasteiger partial charge in [0.25, 0.3) is 0 Å². The van der Waals surface area contributed by atoms with Crippen molar-refractivity contribution >= 4 is 5.97 Å². The van der Waals surface area contributed by atoms with E-state index in [4.69, 9.17) is 9.47 Å². The normalized spacial score (nSPS) is 12.5. The molecule has 0 N–H and O–H groups in total. The molecule has 1 atom stereocenters. The molecule has 0 amide bonds. The lowest BCUT2D eigenvalue weighted by molar-refractivity contribution is -0.142. The van der Waals surface area contributed by atoms with Crippen LogP contribution >= 0.6 is 0 Å². The highest BCUT2D eigenvalue weighted by atomic mass is 16.6. The zero-order valence-corrected chi connectivity index (χ0v) is 10.3. The molecule has 0 aliphatic heterocycles. The molecule has 0 aromatic rings. The predicted octanol–water partition coefficient (Wildman–Crippen LogP) is 2.78. The van der Waals surface area contributed by atoms with Gasteiger partial charge in [-0.1, -0.05) is 33.1 Å². The van der Waals surface area contributed by atoms with Gasteiger partial charge in [0.1, 0.15) is 6.61 Å². The molecule has 0 saturated heterocycles. The van der Waals surface area contributed by atoms with Crippen LogP contribution in [0.25, 0.3) is 0 Å². The van der Waals surface area contributed by atoms with Crippen molar-refractivity contribution in [2.45, 2.75) is 46.5 Å². The van der Waals surface area contributed by atoms with Gasteiger partial charge in [-0.25, -0.2) is 0 Å². The Balaban J connectivity index is 3.33. The van der Waals surface area contributed by atoms with Crippen LogP contribution in [0.5, 0.6) is 0 Å². The third-order valence-corrected chi connectivity index (χ3v) is 2.43. The van der Waals surface area contributed by atoms with E-state index in [1.165, 1.54) is 26.2 Å². The summed E-state index contributed by atoms with van der Waals surface area (Å²) in [6.45, 7) is 7.49. The Labute approximate surface area is 93.1 Å². The van der Waals surface area contributed by atoms with E-state index in [9.17, 15) is 4.79 Å². The van der Waals surface area contributed by atoms with E-state index in [0.717, 1.165) is 13.0 Å². The zero-order chi connectivity index (χ0) is 11.5. The van der Waals surface area contributed by atoms with E-state index < -0.39 is 0 Å². The molecule has 0 aromatic carbocycles. The number of hydrogen-bond acceptors (Lipinski definition) is 3. The molecular weight excluding hydrogens is 192 g/mol. The number of hydrogen-bond donors (Lipinski definition) is 0. The number of carbonyl (C=O) groups excluding carboxylic acids is 1. The third kappa shape index (κ3) is 9.73. The number of esters is 1. The van der Waals surface area contributed by atoms with Crippen molar-refractivity contribution in [1.29, 1.82) is 0 Å². The second kappa shape index (κ2) is 9.97. The Bertz CT molecular complexity index is 157. The lowest BCUT2D eigenvalue weighted by Gasteiger charge is -2.14. The predicted molar refractivity (Wildman–Crippen MR) is 60.8 cm³/mol. The summed E-state index contributed by atoms with van der Waals surface area (Å²) in [4.78, 5) is 10.5. The highest BCUT2D eigenvalue weighted by Crippen LogP contribution is 2.12. The highest BCUT2D eigenvalue weighted by molar-refractivity contribution is 5.65. The first-order chi connectivity index (χ1) is 7.20. The van der Waals surface area contributed by atoms with Crippen LogP contribution in [-0.4, -0.2) is 25.8 Å². The standard InChI is InChI=1S/C12H24O3/c1-4-6-7-12(5-2)10-14-8-9-15-11(3)13/h12H,4-10H2,1-3H3. The maximum atomic E-state index is 10.5. The fourth-order valence-corrected chi connectivity index (χ4v) is 1.39. The molecule has 0 saturated carbocycles. The van der Waals surface area contributed by atoms with Gasteiger partial charge < -0.3 is 9.47 Å². The smallest absolute Gasteiger partial charge is 0.302 e. The Hall–Kier alpha value is -0.570. The molecule has 3 heteroatoms. The Morgan fingerprint density at radius 2 is 2.00 bits per heavy atom. The first kappa shape index (κ1) is 14.4. The van der Waals surface area contributed by atoms with Crippen molar-refractivity contribution < 1.29 is 14.3 Å². The van der Waals surface area contributed by atoms with E-state index >= 15 is 0 Å². The minimum atomic E-state index is -0.239. The summed E-state index contributed by atoms with van der Waals surface area (Å²) in [6, 6.07) is 0. The molecule has 0 heterocycles. The monoisotopic (exact) mass is 216 g/mol. The second-order valence-electron chi connectivity index (χ2n) is 3.83. The van der Waals surface area contributed by atoms with Crippen molar-refractivity contribution in [2.24, 2.45) is 5.92 Å². The second-order valence-corrected chi connectivity index (χ2v) is 3.83. The topological polar surface area (TPSA) is 35.5 Å². The van der Waals surface area contributed by atoms with Crippen molar-refractivity contribution in [1.82, 2.24) is 0 Å². The SMILES string of the molecule is CCCCC(CC)COCCOC(C)=O. The lowest BCUT2D eigenvalue weighted by atomic mass is 10.0. The van der Waals surface area contributed by atoms with E-state index in [1.54, 1.807) is 0 Å². The Morgan fingerprint density at radius 1 is 1.27 bits per heavy atom. The molecular formula is C12H24O3. The fourth-order valence-electron chi connectivity index (χ4n) is 1.39. The molecule has 0 aliphatic rings. The van der Waals surface area contributed by atoms with E-state index in [2.05, 4.69) is 13.8 Å². The Kier molecular flexibility index (Phi) is 9.59. The number of carbonyl (C=O) groups is 1. The molecule has 1 unspecified atom stereocenters. The summed E-state index contributed by atoms with van der Waals surface area (Å²) < 4.78 is 10.2. The van der Waals surface area contributed by atoms with Crippen LogP contribution in [0, 0.1) is 5.92 Å². The molecule has 0 aliphatic carbocycles. The summed E-state index contributed by atoms with van der Waals surface area (Å²) in [5.41, 5.74) is 0. The highest BCUT2D eigenvalue weighted by Gasteiger charge is 2.05. The fraction of sp³-hybridized carbons (Fsp3) is 0.917. The molecule has 0 rings (SSSR count). The van der Waals surface area contributed by atoms with E-state index in [-0.39, 0.29) is 5.97 Å². The number of rotatable bonds is 9.